The molecular weight excluding hydrogens is 288 g/mol. The van der Waals surface area contributed by atoms with Crippen molar-refractivity contribution >= 4 is 16.3 Å². The first-order chi connectivity index (χ1) is 11.6. The molecule has 0 saturated carbocycles. The lowest BCUT2D eigenvalue weighted by molar-refractivity contribution is 1.47. The number of fused-ring (bicyclic) bond motifs is 1. The van der Waals surface area contributed by atoms with Crippen molar-refractivity contribution in [3.05, 3.63) is 103 Å². The van der Waals surface area contributed by atoms with E-state index in [1.54, 1.807) is 0 Å². The van der Waals surface area contributed by atoms with Gasteiger partial charge in [-0.1, -0.05) is 97.1 Å². The maximum absolute atomic E-state index is 4.23. The van der Waals surface area contributed by atoms with Crippen LogP contribution in [0.25, 0.3) is 27.5 Å². The predicted molar refractivity (Wildman–Crippen MR) is 107 cm³/mol. The lowest BCUT2D eigenvalue weighted by atomic mass is 9.93. The van der Waals surface area contributed by atoms with Crippen LogP contribution in [0.2, 0.25) is 0 Å². The number of rotatable bonds is 4. The summed E-state index contributed by atoms with van der Waals surface area (Å²) in [5.41, 5.74) is 6.97. The van der Waals surface area contributed by atoms with E-state index in [0.29, 0.717) is 0 Å². The van der Waals surface area contributed by atoms with Gasteiger partial charge in [0.25, 0.3) is 0 Å². The fourth-order valence-corrected chi connectivity index (χ4v) is 2.91. The third-order valence-corrected chi connectivity index (χ3v) is 4.20. The second-order valence-electron chi connectivity index (χ2n) is 6.28. The highest BCUT2D eigenvalue weighted by molar-refractivity contribution is 6.03. The zero-order valence-corrected chi connectivity index (χ0v) is 14.3. The molecule has 0 nitrogen and oxygen atoms in total. The summed E-state index contributed by atoms with van der Waals surface area (Å²) in [6.07, 6.45) is 4.04. The Morgan fingerprint density at radius 2 is 1.46 bits per heavy atom. The normalized spacial score (nSPS) is 11.1. The fourth-order valence-electron chi connectivity index (χ4n) is 2.91. The summed E-state index contributed by atoms with van der Waals surface area (Å²) in [7, 11) is 0. The third-order valence-electron chi connectivity index (χ3n) is 4.20. The number of allylic oxidation sites excluding steroid dienone is 4. The van der Waals surface area contributed by atoms with Gasteiger partial charge in [0.05, 0.1) is 0 Å². The highest BCUT2D eigenvalue weighted by atomic mass is 14.1. The molecule has 0 aromatic heterocycles. The van der Waals surface area contributed by atoms with E-state index in [1.165, 1.54) is 33.0 Å². The molecule has 3 aromatic rings. The van der Waals surface area contributed by atoms with Crippen LogP contribution in [0.1, 0.15) is 18.1 Å². The summed E-state index contributed by atoms with van der Waals surface area (Å²) in [6, 6.07) is 21.6. The summed E-state index contributed by atoms with van der Waals surface area (Å²) in [4.78, 5) is 0. The SMILES string of the molecule is C=C(C)/C=C\C(=C)c1cccc2c(-c3ccc(C)cc3)cccc12. The molecule has 0 saturated heterocycles. The van der Waals surface area contributed by atoms with Crippen LogP contribution in [0.4, 0.5) is 0 Å². The molecule has 0 spiro atoms. The van der Waals surface area contributed by atoms with E-state index >= 15 is 0 Å². The Hall–Kier alpha value is -2.86. The summed E-state index contributed by atoms with van der Waals surface area (Å²) >= 11 is 0. The Bertz CT molecular complexity index is 937. The molecule has 0 aliphatic heterocycles. The Kier molecular flexibility index (Phi) is 4.48. The van der Waals surface area contributed by atoms with Crippen LogP contribution < -0.4 is 0 Å². The summed E-state index contributed by atoms with van der Waals surface area (Å²) in [5, 5.41) is 2.48. The number of aryl methyl sites for hydroxylation is 1. The smallest absolute Gasteiger partial charge is 0.00992 e. The minimum Gasteiger partial charge on any atom is -0.0961 e. The van der Waals surface area contributed by atoms with Crippen molar-refractivity contribution in [2.75, 3.05) is 0 Å². The van der Waals surface area contributed by atoms with Gasteiger partial charge in [-0.05, 0) is 46.9 Å². The number of hydrogen-bond donors (Lipinski definition) is 0. The second-order valence-corrected chi connectivity index (χ2v) is 6.28. The summed E-state index contributed by atoms with van der Waals surface area (Å²) < 4.78 is 0. The monoisotopic (exact) mass is 310 g/mol. The minimum atomic E-state index is 1.00. The van der Waals surface area contributed by atoms with Crippen LogP contribution in [0.3, 0.4) is 0 Å². The Labute approximate surface area is 144 Å². The van der Waals surface area contributed by atoms with Crippen LogP contribution in [-0.4, -0.2) is 0 Å². The van der Waals surface area contributed by atoms with E-state index in [9.17, 15) is 0 Å². The largest absolute Gasteiger partial charge is 0.0961 e. The van der Waals surface area contributed by atoms with Crippen molar-refractivity contribution in [3.8, 4) is 11.1 Å². The van der Waals surface area contributed by atoms with Gasteiger partial charge in [0.15, 0.2) is 0 Å². The maximum Gasteiger partial charge on any atom is -0.00992 e. The molecule has 0 bridgehead atoms. The van der Waals surface area contributed by atoms with Gasteiger partial charge in [0, 0.05) is 0 Å². The van der Waals surface area contributed by atoms with Gasteiger partial charge >= 0.3 is 0 Å². The zero-order valence-electron chi connectivity index (χ0n) is 14.3. The van der Waals surface area contributed by atoms with Crippen molar-refractivity contribution < 1.29 is 0 Å². The summed E-state index contributed by atoms with van der Waals surface area (Å²) in [5.74, 6) is 0. The molecule has 3 rings (SSSR count). The van der Waals surface area contributed by atoms with Gasteiger partial charge in [-0.3, -0.25) is 0 Å². The van der Waals surface area contributed by atoms with Crippen molar-refractivity contribution in [2.24, 2.45) is 0 Å². The average Bonchev–Trinajstić information content (AvgIpc) is 2.59. The molecular formula is C24H22. The zero-order chi connectivity index (χ0) is 17.1. The van der Waals surface area contributed by atoms with Crippen molar-refractivity contribution in [2.45, 2.75) is 13.8 Å². The van der Waals surface area contributed by atoms with Crippen LogP contribution in [0, 0.1) is 6.92 Å². The predicted octanol–water partition coefficient (Wildman–Crippen LogP) is 6.96. The second kappa shape index (κ2) is 6.72. The standard InChI is InChI=1S/C24H22/c1-17(2)11-14-19(4)21-7-5-10-24-22(8-6-9-23(21)24)20-15-12-18(3)13-16-20/h5-16H,1,4H2,2-3H3/b14-11-. The van der Waals surface area contributed by atoms with Gasteiger partial charge in [-0.2, -0.15) is 0 Å². The molecule has 24 heavy (non-hydrogen) atoms. The molecule has 0 amide bonds. The molecule has 0 N–H and O–H groups in total. The van der Waals surface area contributed by atoms with Crippen LogP contribution in [0.5, 0.6) is 0 Å². The topological polar surface area (TPSA) is 0 Å². The first-order valence-electron chi connectivity index (χ1n) is 8.18. The lowest BCUT2D eigenvalue weighted by Crippen LogP contribution is -1.87. The quantitative estimate of drug-likeness (QED) is 0.457. The number of hydrogen-bond acceptors (Lipinski definition) is 0. The highest BCUT2D eigenvalue weighted by Gasteiger charge is 2.07. The van der Waals surface area contributed by atoms with Crippen molar-refractivity contribution in [3.63, 3.8) is 0 Å². The Morgan fingerprint density at radius 3 is 2.17 bits per heavy atom. The Morgan fingerprint density at radius 1 is 0.792 bits per heavy atom. The highest BCUT2D eigenvalue weighted by Crippen LogP contribution is 2.33. The maximum atomic E-state index is 4.23. The van der Waals surface area contributed by atoms with E-state index < -0.39 is 0 Å². The molecule has 0 fully saturated rings. The van der Waals surface area contributed by atoms with Gasteiger partial charge in [0.2, 0.25) is 0 Å². The molecule has 0 aliphatic carbocycles. The molecule has 0 aliphatic rings. The van der Waals surface area contributed by atoms with E-state index in [4.69, 9.17) is 0 Å². The van der Waals surface area contributed by atoms with Gasteiger partial charge < -0.3 is 0 Å². The van der Waals surface area contributed by atoms with Gasteiger partial charge in [-0.15, -0.1) is 0 Å². The average molecular weight is 310 g/mol. The van der Waals surface area contributed by atoms with Crippen LogP contribution in [0.15, 0.2) is 91.5 Å². The third kappa shape index (κ3) is 3.23. The van der Waals surface area contributed by atoms with Gasteiger partial charge in [0.1, 0.15) is 0 Å². The van der Waals surface area contributed by atoms with Crippen LogP contribution >= 0.6 is 0 Å². The van der Waals surface area contributed by atoms with Gasteiger partial charge in [-0.25, -0.2) is 0 Å². The minimum absolute atomic E-state index is 1.00. The van der Waals surface area contributed by atoms with E-state index in [1.807, 2.05) is 19.1 Å². The molecule has 0 heterocycles. The van der Waals surface area contributed by atoms with E-state index in [-0.39, 0.29) is 0 Å². The van der Waals surface area contributed by atoms with E-state index in [0.717, 1.165) is 11.1 Å². The molecule has 3 aromatic carbocycles. The molecule has 118 valence electrons. The Balaban J connectivity index is 2.15. The van der Waals surface area contributed by atoms with Crippen LogP contribution in [-0.2, 0) is 0 Å². The lowest BCUT2D eigenvalue weighted by Gasteiger charge is -2.11. The van der Waals surface area contributed by atoms with Crippen molar-refractivity contribution in [1.29, 1.82) is 0 Å². The van der Waals surface area contributed by atoms with Crippen molar-refractivity contribution in [1.82, 2.24) is 0 Å². The molecule has 0 radical (unpaired) electrons. The number of benzene rings is 3. The first kappa shape index (κ1) is 16.0. The molecule has 0 atom stereocenters. The van der Waals surface area contributed by atoms with E-state index in [2.05, 4.69) is 80.7 Å². The fraction of sp³-hybridized carbons (Fsp3) is 0.0833. The first-order valence-corrected chi connectivity index (χ1v) is 8.18. The summed E-state index contributed by atoms with van der Waals surface area (Å²) in [6.45, 7) is 12.3. The molecule has 0 heteroatoms. The molecule has 0 unspecified atom stereocenters.